The number of hydrogen-bond donors (Lipinski definition) is 0. The van der Waals surface area contributed by atoms with Crippen LogP contribution in [0.5, 0.6) is 0 Å². The van der Waals surface area contributed by atoms with Crippen LogP contribution in [0.15, 0.2) is 12.2 Å². The third-order valence-corrected chi connectivity index (χ3v) is 6.31. The molecule has 0 saturated heterocycles. The van der Waals surface area contributed by atoms with Crippen molar-refractivity contribution in [3.8, 4) is 0 Å². The van der Waals surface area contributed by atoms with Gasteiger partial charge in [0.1, 0.15) is 18.3 Å². The van der Waals surface area contributed by atoms with E-state index in [0.717, 1.165) is 12.8 Å². The van der Waals surface area contributed by atoms with Crippen molar-refractivity contribution in [1.82, 2.24) is 0 Å². The first kappa shape index (κ1) is 31.1. The molecule has 6 heteroatoms. The lowest BCUT2D eigenvalue weighted by Crippen LogP contribution is -2.38. The van der Waals surface area contributed by atoms with E-state index in [0.29, 0.717) is 0 Å². The normalized spacial score (nSPS) is 19.2. The molecule has 0 N–H and O–H groups in total. The molecular weight excluding hydrogens is 420 g/mol. The minimum Gasteiger partial charge on any atom is -0.462 e. The summed E-state index contributed by atoms with van der Waals surface area (Å²) in [5, 5.41) is 0. The van der Waals surface area contributed by atoms with E-state index in [1.807, 2.05) is 39.8 Å². The molecule has 0 heterocycles. The molecule has 0 aromatic carbocycles. The molecule has 0 unspecified atom stereocenters. The molecule has 0 aromatic rings. The van der Waals surface area contributed by atoms with Gasteiger partial charge in [-0.3, -0.25) is 14.4 Å². The van der Waals surface area contributed by atoms with Gasteiger partial charge in [0.05, 0.1) is 0 Å². The summed E-state index contributed by atoms with van der Waals surface area (Å²) in [6.07, 6.45) is 4.80. The van der Waals surface area contributed by atoms with Gasteiger partial charge < -0.3 is 14.2 Å². The van der Waals surface area contributed by atoms with Crippen molar-refractivity contribution in [1.29, 1.82) is 0 Å². The van der Waals surface area contributed by atoms with Gasteiger partial charge in [0.15, 0.2) is 0 Å². The van der Waals surface area contributed by atoms with Gasteiger partial charge in [-0.1, -0.05) is 60.6 Å². The predicted molar refractivity (Wildman–Crippen MR) is 131 cm³/mol. The van der Waals surface area contributed by atoms with E-state index in [2.05, 4.69) is 27.7 Å². The van der Waals surface area contributed by atoms with Crippen LogP contribution in [0.4, 0.5) is 0 Å². The number of esters is 3. The molecule has 0 rings (SSSR count). The molecule has 0 aromatic heterocycles. The van der Waals surface area contributed by atoms with E-state index in [-0.39, 0.29) is 71.7 Å². The number of carbonyl (C=O) groups excluding carboxylic acids is 3. The zero-order valence-electron chi connectivity index (χ0n) is 22.7. The molecule has 0 fully saturated rings. The standard InChI is InChI=1S/C27H48O6/c1-12-13-17(4)26(32-23(10)29)19(6)15-21(8)27(33-24(11)30)20(7)14-18(5)25(16(2)3)31-22(9)28/h12-13,16-21,25-27H,14-15H2,1-11H3/b13-12+/t17-,18-,19-,20-,21-,25-,26+,27-/m1/s1. The quantitative estimate of drug-likeness (QED) is 0.177. The van der Waals surface area contributed by atoms with Crippen LogP contribution in [0, 0.1) is 35.5 Å². The van der Waals surface area contributed by atoms with Gasteiger partial charge in [-0.05, 0) is 49.4 Å². The zero-order chi connectivity index (χ0) is 25.9. The summed E-state index contributed by atoms with van der Waals surface area (Å²) in [7, 11) is 0. The third kappa shape index (κ3) is 11.7. The highest BCUT2D eigenvalue weighted by Crippen LogP contribution is 2.33. The van der Waals surface area contributed by atoms with Gasteiger partial charge in [-0.2, -0.15) is 0 Å². The SMILES string of the molecule is C/C=C/[C@@H](C)[C@H](OC(C)=O)[C@H](C)C[C@@H](C)[C@H](OC(C)=O)[C@H](C)C[C@@H](C)[C@H](OC(C)=O)C(C)C. The summed E-state index contributed by atoms with van der Waals surface area (Å²) in [5.41, 5.74) is 0. The summed E-state index contributed by atoms with van der Waals surface area (Å²) in [4.78, 5) is 35.2. The maximum atomic E-state index is 11.9. The molecule has 6 nitrogen and oxygen atoms in total. The summed E-state index contributed by atoms with van der Waals surface area (Å²) in [5.74, 6) is -0.259. The van der Waals surface area contributed by atoms with Gasteiger partial charge in [0.25, 0.3) is 0 Å². The van der Waals surface area contributed by atoms with Crippen LogP contribution in [0.2, 0.25) is 0 Å². The Kier molecular flexibility index (Phi) is 14.3. The lowest BCUT2D eigenvalue weighted by molar-refractivity contribution is -0.155. The van der Waals surface area contributed by atoms with Gasteiger partial charge in [-0.25, -0.2) is 0 Å². The summed E-state index contributed by atoms with van der Waals surface area (Å²) in [6, 6.07) is 0. The van der Waals surface area contributed by atoms with Gasteiger partial charge >= 0.3 is 17.9 Å². The van der Waals surface area contributed by atoms with Crippen molar-refractivity contribution in [2.24, 2.45) is 35.5 Å². The fourth-order valence-electron chi connectivity index (χ4n) is 5.14. The molecule has 0 aliphatic carbocycles. The highest BCUT2D eigenvalue weighted by molar-refractivity contribution is 5.66. The minimum atomic E-state index is -0.307. The second-order valence-electron chi connectivity index (χ2n) is 10.2. The van der Waals surface area contributed by atoms with Gasteiger partial charge in [-0.15, -0.1) is 0 Å². The minimum absolute atomic E-state index is 0.0631. The Hall–Kier alpha value is -1.85. The number of hydrogen-bond acceptors (Lipinski definition) is 6. The zero-order valence-corrected chi connectivity index (χ0v) is 22.7. The highest BCUT2D eigenvalue weighted by atomic mass is 16.6. The Bertz CT molecular complexity index is 641. The second kappa shape index (κ2) is 15.1. The summed E-state index contributed by atoms with van der Waals surface area (Å²) in [6.45, 7) is 20.7. The van der Waals surface area contributed by atoms with E-state index in [1.165, 1.54) is 20.8 Å². The molecule has 0 spiro atoms. The van der Waals surface area contributed by atoms with Gasteiger partial charge in [0, 0.05) is 26.7 Å². The smallest absolute Gasteiger partial charge is 0.302 e. The number of rotatable bonds is 14. The molecule has 33 heavy (non-hydrogen) atoms. The van der Waals surface area contributed by atoms with Crippen molar-refractivity contribution in [3.63, 3.8) is 0 Å². The fraction of sp³-hybridized carbons (Fsp3) is 0.815. The highest BCUT2D eigenvalue weighted by Gasteiger charge is 2.34. The number of allylic oxidation sites excluding steroid dienone is 1. The largest absolute Gasteiger partial charge is 0.462 e. The monoisotopic (exact) mass is 468 g/mol. The van der Waals surface area contributed by atoms with E-state index in [9.17, 15) is 14.4 Å². The fourth-order valence-corrected chi connectivity index (χ4v) is 5.14. The van der Waals surface area contributed by atoms with Crippen LogP contribution < -0.4 is 0 Å². The molecule has 8 atom stereocenters. The van der Waals surface area contributed by atoms with Gasteiger partial charge in [0.2, 0.25) is 0 Å². The Labute approximate surface area is 201 Å². The second-order valence-corrected chi connectivity index (χ2v) is 10.2. The first-order chi connectivity index (χ1) is 15.2. The van der Waals surface area contributed by atoms with E-state index in [1.54, 1.807) is 0 Å². The lowest BCUT2D eigenvalue weighted by atomic mass is 9.78. The maximum Gasteiger partial charge on any atom is 0.302 e. The first-order valence-electron chi connectivity index (χ1n) is 12.4. The molecule has 0 saturated carbocycles. The Morgan fingerprint density at radius 2 is 0.939 bits per heavy atom. The molecule has 0 radical (unpaired) electrons. The topological polar surface area (TPSA) is 78.9 Å². The van der Waals surface area contributed by atoms with Crippen molar-refractivity contribution in [2.75, 3.05) is 0 Å². The van der Waals surface area contributed by atoms with E-state index in [4.69, 9.17) is 14.2 Å². The molecule has 192 valence electrons. The van der Waals surface area contributed by atoms with Crippen LogP contribution in [0.3, 0.4) is 0 Å². The van der Waals surface area contributed by atoms with Crippen LogP contribution in [0.1, 0.15) is 89.0 Å². The predicted octanol–water partition coefficient (Wildman–Crippen LogP) is 5.97. The van der Waals surface area contributed by atoms with Crippen molar-refractivity contribution < 1.29 is 28.6 Å². The Balaban J connectivity index is 5.53. The van der Waals surface area contributed by atoms with Crippen LogP contribution >= 0.6 is 0 Å². The van der Waals surface area contributed by atoms with Crippen molar-refractivity contribution in [3.05, 3.63) is 12.2 Å². The molecule has 0 bridgehead atoms. The molecule has 0 aliphatic heterocycles. The van der Waals surface area contributed by atoms with E-state index >= 15 is 0 Å². The molecular formula is C27H48O6. The number of carbonyl (C=O) groups is 3. The summed E-state index contributed by atoms with van der Waals surface area (Å²) >= 11 is 0. The van der Waals surface area contributed by atoms with Crippen LogP contribution in [0.25, 0.3) is 0 Å². The maximum absolute atomic E-state index is 11.9. The summed E-state index contributed by atoms with van der Waals surface area (Å²) < 4.78 is 17.0. The first-order valence-corrected chi connectivity index (χ1v) is 12.4. The average Bonchev–Trinajstić information content (AvgIpc) is 2.67. The van der Waals surface area contributed by atoms with Crippen molar-refractivity contribution >= 4 is 17.9 Å². The van der Waals surface area contributed by atoms with E-state index < -0.39 is 0 Å². The lowest BCUT2D eigenvalue weighted by Gasteiger charge is -2.36. The Morgan fingerprint density at radius 1 is 0.606 bits per heavy atom. The third-order valence-electron chi connectivity index (χ3n) is 6.31. The number of ether oxygens (including phenoxy) is 3. The average molecular weight is 469 g/mol. The molecule has 0 aliphatic rings. The molecule has 0 amide bonds. The van der Waals surface area contributed by atoms with Crippen LogP contribution in [-0.2, 0) is 28.6 Å². The van der Waals surface area contributed by atoms with Crippen LogP contribution in [-0.4, -0.2) is 36.2 Å². The Morgan fingerprint density at radius 3 is 1.30 bits per heavy atom. The van der Waals surface area contributed by atoms with Crippen molar-refractivity contribution in [2.45, 2.75) is 107 Å².